The summed E-state index contributed by atoms with van der Waals surface area (Å²) >= 11 is 0. The highest BCUT2D eigenvalue weighted by Crippen LogP contribution is 2.25. The van der Waals surface area contributed by atoms with Gasteiger partial charge in [-0.3, -0.25) is 0 Å². The number of carbonyl (C=O) groups is 1. The van der Waals surface area contributed by atoms with Gasteiger partial charge in [0.1, 0.15) is 6.29 Å². The van der Waals surface area contributed by atoms with Gasteiger partial charge in [0, 0.05) is 23.7 Å². The van der Waals surface area contributed by atoms with Crippen LogP contribution in [0.5, 0.6) is 0 Å². The maximum Gasteiger partial charge on any atom is 0.120 e. The molecule has 0 aliphatic carbocycles. The van der Waals surface area contributed by atoms with E-state index >= 15 is 0 Å². The summed E-state index contributed by atoms with van der Waals surface area (Å²) in [6.45, 7) is 4.20. The molecule has 12 heavy (non-hydrogen) atoms. The highest BCUT2D eigenvalue weighted by Gasteiger charge is 2.20. The highest BCUT2D eigenvalue weighted by molar-refractivity contribution is 5.49. The first-order chi connectivity index (χ1) is 5.67. The number of nitrogens with zero attached hydrogens (tertiary/aromatic N) is 1. The number of aromatic nitrogens is 2. The van der Waals surface area contributed by atoms with Crippen LogP contribution in [-0.2, 0) is 10.2 Å². The van der Waals surface area contributed by atoms with Crippen molar-refractivity contribution in [1.82, 2.24) is 9.97 Å². The maximum atomic E-state index is 10.2. The Morgan fingerprint density at radius 3 is 2.92 bits per heavy atom. The predicted molar refractivity (Wildman–Crippen MR) is 46.9 cm³/mol. The normalized spacial score (nSPS) is 11.5. The van der Waals surface area contributed by atoms with Crippen molar-refractivity contribution in [2.45, 2.75) is 32.1 Å². The Morgan fingerprint density at radius 2 is 2.42 bits per heavy atom. The Kier molecular flexibility index (Phi) is 2.63. The Balaban J connectivity index is 2.65. The van der Waals surface area contributed by atoms with Crippen molar-refractivity contribution < 1.29 is 4.79 Å². The van der Waals surface area contributed by atoms with E-state index in [0.717, 1.165) is 18.4 Å². The Hall–Kier alpha value is -1.12. The van der Waals surface area contributed by atoms with Crippen LogP contribution < -0.4 is 0 Å². The number of rotatable bonds is 4. The third-order valence-electron chi connectivity index (χ3n) is 2.11. The van der Waals surface area contributed by atoms with Crippen molar-refractivity contribution in [2.24, 2.45) is 0 Å². The van der Waals surface area contributed by atoms with Crippen LogP contribution >= 0.6 is 0 Å². The topological polar surface area (TPSA) is 45.8 Å². The summed E-state index contributed by atoms with van der Waals surface area (Å²) in [5, 5.41) is 0. The number of aromatic amines is 1. The summed E-state index contributed by atoms with van der Waals surface area (Å²) in [7, 11) is 0. The quantitative estimate of drug-likeness (QED) is 0.691. The van der Waals surface area contributed by atoms with Crippen LogP contribution in [0, 0.1) is 0 Å². The average molecular weight is 166 g/mol. The van der Waals surface area contributed by atoms with Crippen molar-refractivity contribution in [3.63, 3.8) is 0 Å². The second-order valence-corrected chi connectivity index (χ2v) is 3.55. The van der Waals surface area contributed by atoms with E-state index in [2.05, 4.69) is 23.8 Å². The molecule has 0 saturated heterocycles. The molecule has 0 saturated carbocycles. The lowest BCUT2D eigenvalue weighted by Gasteiger charge is -2.21. The Morgan fingerprint density at radius 1 is 1.67 bits per heavy atom. The van der Waals surface area contributed by atoms with E-state index in [0.29, 0.717) is 6.42 Å². The molecule has 1 rings (SSSR count). The molecule has 1 N–H and O–H groups in total. The van der Waals surface area contributed by atoms with Crippen LogP contribution in [0.3, 0.4) is 0 Å². The smallest absolute Gasteiger partial charge is 0.120 e. The van der Waals surface area contributed by atoms with Crippen molar-refractivity contribution >= 4 is 6.29 Å². The largest absolute Gasteiger partial charge is 0.348 e. The van der Waals surface area contributed by atoms with Crippen LogP contribution in [0.1, 0.15) is 32.4 Å². The number of hydrogen-bond acceptors (Lipinski definition) is 2. The lowest BCUT2D eigenvalue weighted by Crippen LogP contribution is -2.17. The third kappa shape index (κ3) is 1.94. The minimum absolute atomic E-state index is 0.0252. The van der Waals surface area contributed by atoms with Gasteiger partial charge in [-0.15, -0.1) is 0 Å². The summed E-state index contributed by atoms with van der Waals surface area (Å²) in [6, 6.07) is 0. The molecule has 0 aliphatic heterocycles. The zero-order valence-electron chi connectivity index (χ0n) is 7.50. The van der Waals surface area contributed by atoms with Crippen molar-refractivity contribution in [2.75, 3.05) is 0 Å². The third-order valence-corrected chi connectivity index (χ3v) is 2.11. The fourth-order valence-corrected chi connectivity index (χ4v) is 1.18. The first-order valence-electron chi connectivity index (χ1n) is 4.09. The number of carbonyl (C=O) groups excluding carboxylic acids is 1. The minimum atomic E-state index is 0.0252. The molecule has 0 spiro atoms. The van der Waals surface area contributed by atoms with Gasteiger partial charge in [-0.25, -0.2) is 4.98 Å². The molecule has 0 atom stereocenters. The van der Waals surface area contributed by atoms with Crippen LogP contribution in [0.15, 0.2) is 12.5 Å². The van der Waals surface area contributed by atoms with Gasteiger partial charge >= 0.3 is 0 Å². The van der Waals surface area contributed by atoms with Gasteiger partial charge < -0.3 is 9.78 Å². The monoisotopic (exact) mass is 166 g/mol. The number of hydrogen-bond donors (Lipinski definition) is 1. The average Bonchev–Trinajstić information content (AvgIpc) is 2.53. The van der Waals surface area contributed by atoms with Crippen LogP contribution in [0.2, 0.25) is 0 Å². The van der Waals surface area contributed by atoms with Gasteiger partial charge in [-0.1, -0.05) is 13.8 Å². The van der Waals surface area contributed by atoms with Gasteiger partial charge in [-0.05, 0) is 6.42 Å². The van der Waals surface area contributed by atoms with Crippen molar-refractivity contribution in [1.29, 1.82) is 0 Å². The van der Waals surface area contributed by atoms with E-state index in [1.165, 1.54) is 0 Å². The van der Waals surface area contributed by atoms with Crippen LogP contribution in [0.25, 0.3) is 0 Å². The van der Waals surface area contributed by atoms with Gasteiger partial charge in [0.2, 0.25) is 0 Å². The van der Waals surface area contributed by atoms with E-state index in [1.54, 1.807) is 6.33 Å². The molecule has 0 fully saturated rings. The zero-order chi connectivity index (χ0) is 9.03. The Bertz CT molecular complexity index is 239. The molecular formula is C9H14N2O. The standard InChI is InChI=1S/C9H14N2O/c1-9(2,4-3-5-12)8-6-10-7-11-8/h5-7H,3-4H2,1-2H3,(H,10,11). The van der Waals surface area contributed by atoms with E-state index < -0.39 is 0 Å². The molecule has 0 radical (unpaired) electrons. The maximum absolute atomic E-state index is 10.2. The van der Waals surface area contributed by atoms with Crippen molar-refractivity contribution in [3.8, 4) is 0 Å². The minimum Gasteiger partial charge on any atom is -0.348 e. The molecule has 0 bridgehead atoms. The van der Waals surface area contributed by atoms with Crippen LogP contribution in [0.4, 0.5) is 0 Å². The molecule has 1 aromatic rings. The molecule has 1 heterocycles. The second kappa shape index (κ2) is 3.52. The lowest BCUT2D eigenvalue weighted by molar-refractivity contribution is -0.108. The van der Waals surface area contributed by atoms with Gasteiger partial charge in [0.05, 0.1) is 6.33 Å². The molecule has 0 amide bonds. The molecule has 1 aromatic heterocycles. The zero-order valence-corrected chi connectivity index (χ0v) is 7.50. The molecular weight excluding hydrogens is 152 g/mol. The summed E-state index contributed by atoms with van der Waals surface area (Å²) in [4.78, 5) is 17.2. The Labute approximate surface area is 72.2 Å². The number of imidazole rings is 1. The first kappa shape index (κ1) is 8.97. The van der Waals surface area contributed by atoms with Gasteiger partial charge in [0.15, 0.2) is 0 Å². The van der Waals surface area contributed by atoms with Crippen molar-refractivity contribution in [3.05, 3.63) is 18.2 Å². The fourth-order valence-electron chi connectivity index (χ4n) is 1.18. The molecule has 3 nitrogen and oxygen atoms in total. The molecule has 66 valence electrons. The van der Waals surface area contributed by atoms with E-state index in [1.807, 2.05) is 6.20 Å². The molecule has 0 unspecified atom stereocenters. The molecule has 3 heteroatoms. The number of aldehydes is 1. The first-order valence-corrected chi connectivity index (χ1v) is 4.09. The van der Waals surface area contributed by atoms with E-state index in [9.17, 15) is 4.79 Å². The SMILES string of the molecule is CC(C)(CCC=O)c1cnc[nH]1. The fraction of sp³-hybridized carbons (Fsp3) is 0.556. The summed E-state index contributed by atoms with van der Waals surface area (Å²) in [6.07, 6.45) is 5.89. The summed E-state index contributed by atoms with van der Waals surface area (Å²) < 4.78 is 0. The predicted octanol–water partition coefficient (Wildman–Crippen LogP) is 1.67. The van der Waals surface area contributed by atoms with Gasteiger partial charge in [0.25, 0.3) is 0 Å². The molecule has 0 aromatic carbocycles. The second-order valence-electron chi connectivity index (χ2n) is 3.55. The van der Waals surface area contributed by atoms with Crippen LogP contribution in [-0.4, -0.2) is 16.3 Å². The molecule has 0 aliphatic rings. The summed E-state index contributed by atoms with van der Waals surface area (Å²) in [5.41, 5.74) is 1.11. The van der Waals surface area contributed by atoms with E-state index in [4.69, 9.17) is 0 Å². The van der Waals surface area contributed by atoms with E-state index in [-0.39, 0.29) is 5.41 Å². The number of nitrogens with one attached hydrogen (secondary N) is 1. The lowest BCUT2D eigenvalue weighted by atomic mass is 9.85. The number of H-pyrrole nitrogens is 1. The highest BCUT2D eigenvalue weighted by atomic mass is 16.1. The van der Waals surface area contributed by atoms with Gasteiger partial charge in [-0.2, -0.15) is 0 Å². The summed E-state index contributed by atoms with van der Waals surface area (Å²) in [5.74, 6) is 0.